The molecule has 0 radical (unpaired) electrons. The molecule has 1 aromatic heterocycles. The molecule has 0 spiro atoms. The Morgan fingerprint density at radius 1 is 1.22 bits per heavy atom. The third-order valence-corrected chi connectivity index (χ3v) is 5.39. The number of morpholine rings is 1. The maximum atomic E-state index is 6.21. The molecule has 3 saturated heterocycles. The highest BCUT2D eigenvalue weighted by atomic mass is 16.5. The van der Waals surface area contributed by atoms with Crippen molar-refractivity contribution in [3.8, 4) is 0 Å². The summed E-state index contributed by atoms with van der Waals surface area (Å²) in [5, 5.41) is 4.17. The molecular formula is C17H27N3O3. The number of hydrogen-bond donors (Lipinski definition) is 0. The summed E-state index contributed by atoms with van der Waals surface area (Å²) in [5.41, 5.74) is 1.04. The van der Waals surface area contributed by atoms with Crippen LogP contribution < -0.4 is 0 Å². The van der Waals surface area contributed by atoms with Gasteiger partial charge in [0.15, 0.2) is 0 Å². The van der Waals surface area contributed by atoms with Gasteiger partial charge in [-0.2, -0.15) is 0 Å². The summed E-state index contributed by atoms with van der Waals surface area (Å²) >= 11 is 0. The SMILES string of the molecule is Cc1cc(CN2C[C@@H]3CCCO[C@@H]3[C@H](N3CCOCC3)C2)no1. The van der Waals surface area contributed by atoms with E-state index in [-0.39, 0.29) is 0 Å². The third kappa shape index (κ3) is 3.45. The van der Waals surface area contributed by atoms with Gasteiger partial charge < -0.3 is 14.0 Å². The molecule has 3 aliphatic heterocycles. The fraction of sp³-hybridized carbons (Fsp3) is 0.824. The molecule has 0 amide bonds. The first-order chi connectivity index (χ1) is 11.3. The second kappa shape index (κ2) is 6.89. The largest absolute Gasteiger partial charge is 0.379 e. The van der Waals surface area contributed by atoms with Crippen LogP contribution in [-0.4, -0.2) is 73.1 Å². The number of fused-ring (bicyclic) bond motifs is 1. The van der Waals surface area contributed by atoms with Crippen LogP contribution in [0.5, 0.6) is 0 Å². The van der Waals surface area contributed by atoms with Crippen LogP contribution in [0.2, 0.25) is 0 Å². The van der Waals surface area contributed by atoms with Crippen LogP contribution in [0, 0.1) is 12.8 Å². The van der Waals surface area contributed by atoms with Gasteiger partial charge in [-0.3, -0.25) is 9.80 Å². The predicted octanol–water partition coefficient (Wildman–Crippen LogP) is 1.29. The van der Waals surface area contributed by atoms with E-state index in [2.05, 4.69) is 15.0 Å². The van der Waals surface area contributed by atoms with E-state index in [1.807, 2.05) is 13.0 Å². The van der Waals surface area contributed by atoms with Crippen molar-refractivity contribution in [2.75, 3.05) is 46.0 Å². The van der Waals surface area contributed by atoms with Crippen molar-refractivity contribution < 1.29 is 14.0 Å². The number of piperidine rings is 1. The van der Waals surface area contributed by atoms with E-state index < -0.39 is 0 Å². The number of aryl methyl sites for hydroxylation is 1. The Labute approximate surface area is 137 Å². The van der Waals surface area contributed by atoms with Gasteiger partial charge in [0.1, 0.15) is 5.76 Å². The molecule has 128 valence electrons. The van der Waals surface area contributed by atoms with Crippen molar-refractivity contribution in [3.05, 3.63) is 17.5 Å². The smallest absolute Gasteiger partial charge is 0.133 e. The van der Waals surface area contributed by atoms with Gasteiger partial charge in [-0.15, -0.1) is 0 Å². The number of aromatic nitrogens is 1. The minimum Gasteiger partial charge on any atom is -0.379 e. The van der Waals surface area contributed by atoms with E-state index in [0.717, 1.165) is 64.0 Å². The molecule has 0 bridgehead atoms. The first kappa shape index (κ1) is 15.6. The summed E-state index contributed by atoms with van der Waals surface area (Å²) in [5.74, 6) is 1.53. The highest BCUT2D eigenvalue weighted by Gasteiger charge is 2.42. The third-order valence-electron chi connectivity index (χ3n) is 5.39. The van der Waals surface area contributed by atoms with Gasteiger partial charge in [-0.25, -0.2) is 0 Å². The van der Waals surface area contributed by atoms with E-state index in [4.69, 9.17) is 14.0 Å². The Kier molecular flexibility index (Phi) is 4.66. The zero-order valence-electron chi connectivity index (χ0n) is 13.9. The van der Waals surface area contributed by atoms with Crippen LogP contribution in [-0.2, 0) is 16.0 Å². The van der Waals surface area contributed by atoms with Crippen molar-refractivity contribution in [2.45, 2.75) is 38.5 Å². The predicted molar refractivity (Wildman–Crippen MR) is 85.2 cm³/mol. The van der Waals surface area contributed by atoms with Gasteiger partial charge in [0.25, 0.3) is 0 Å². The second-order valence-corrected chi connectivity index (χ2v) is 7.08. The Morgan fingerprint density at radius 2 is 2.09 bits per heavy atom. The van der Waals surface area contributed by atoms with Crippen LogP contribution in [0.3, 0.4) is 0 Å². The zero-order valence-corrected chi connectivity index (χ0v) is 13.9. The Balaban J connectivity index is 1.48. The van der Waals surface area contributed by atoms with Crippen molar-refractivity contribution in [3.63, 3.8) is 0 Å². The molecule has 0 unspecified atom stereocenters. The minimum atomic E-state index is 0.386. The molecule has 1 aromatic rings. The lowest BCUT2D eigenvalue weighted by molar-refractivity contribution is -0.128. The molecule has 6 nitrogen and oxygen atoms in total. The molecule has 0 saturated carbocycles. The number of ether oxygens (including phenoxy) is 2. The zero-order chi connectivity index (χ0) is 15.6. The fourth-order valence-electron chi connectivity index (χ4n) is 4.34. The molecule has 3 atom stereocenters. The van der Waals surface area contributed by atoms with Gasteiger partial charge in [-0.05, 0) is 25.7 Å². The van der Waals surface area contributed by atoms with Crippen molar-refractivity contribution in [1.29, 1.82) is 0 Å². The van der Waals surface area contributed by atoms with Crippen LogP contribution in [0.15, 0.2) is 10.6 Å². The van der Waals surface area contributed by atoms with Gasteiger partial charge in [0, 0.05) is 51.4 Å². The number of rotatable bonds is 3. The van der Waals surface area contributed by atoms with Crippen LogP contribution in [0.25, 0.3) is 0 Å². The molecule has 6 heteroatoms. The standard InChI is InChI=1S/C17H27N3O3/c1-13-9-15(18-23-13)11-19-10-14-3-2-6-22-17(14)16(12-19)20-4-7-21-8-5-20/h9,14,16-17H,2-8,10-12H2,1H3/t14-,16+,17-/m0/s1. The van der Waals surface area contributed by atoms with Gasteiger partial charge >= 0.3 is 0 Å². The van der Waals surface area contributed by atoms with Crippen molar-refractivity contribution in [2.24, 2.45) is 5.92 Å². The molecule has 3 aliphatic rings. The minimum absolute atomic E-state index is 0.386. The summed E-state index contributed by atoms with van der Waals surface area (Å²) in [6.45, 7) is 9.64. The van der Waals surface area contributed by atoms with Gasteiger partial charge in [-0.1, -0.05) is 5.16 Å². The maximum absolute atomic E-state index is 6.21. The first-order valence-electron chi connectivity index (χ1n) is 8.87. The van der Waals surface area contributed by atoms with Crippen LogP contribution >= 0.6 is 0 Å². The van der Waals surface area contributed by atoms with E-state index in [9.17, 15) is 0 Å². The maximum Gasteiger partial charge on any atom is 0.133 e. The second-order valence-electron chi connectivity index (χ2n) is 7.08. The lowest BCUT2D eigenvalue weighted by Crippen LogP contribution is -2.62. The monoisotopic (exact) mass is 321 g/mol. The molecular weight excluding hydrogens is 294 g/mol. The number of likely N-dealkylation sites (tertiary alicyclic amines) is 1. The number of nitrogens with zero attached hydrogens (tertiary/aromatic N) is 3. The van der Waals surface area contributed by atoms with Gasteiger partial charge in [0.2, 0.25) is 0 Å². The normalized spacial score (nSPS) is 33.5. The van der Waals surface area contributed by atoms with Crippen molar-refractivity contribution in [1.82, 2.24) is 15.0 Å². The average Bonchev–Trinajstić information content (AvgIpc) is 3.00. The molecule has 23 heavy (non-hydrogen) atoms. The molecule has 0 N–H and O–H groups in total. The van der Waals surface area contributed by atoms with E-state index in [0.29, 0.717) is 18.1 Å². The number of hydrogen-bond acceptors (Lipinski definition) is 6. The van der Waals surface area contributed by atoms with E-state index in [1.165, 1.54) is 12.8 Å². The van der Waals surface area contributed by atoms with E-state index in [1.54, 1.807) is 0 Å². The first-order valence-corrected chi connectivity index (χ1v) is 8.87. The fourth-order valence-corrected chi connectivity index (χ4v) is 4.34. The Morgan fingerprint density at radius 3 is 2.87 bits per heavy atom. The molecule has 3 fully saturated rings. The summed E-state index contributed by atoms with van der Waals surface area (Å²) in [4.78, 5) is 5.11. The average molecular weight is 321 g/mol. The van der Waals surface area contributed by atoms with Gasteiger partial charge in [0.05, 0.1) is 25.0 Å². The summed E-state index contributed by atoms with van der Waals surface area (Å²) in [7, 11) is 0. The van der Waals surface area contributed by atoms with Crippen molar-refractivity contribution >= 4 is 0 Å². The summed E-state index contributed by atoms with van der Waals surface area (Å²) in [6, 6.07) is 2.53. The van der Waals surface area contributed by atoms with E-state index >= 15 is 0 Å². The van der Waals surface area contributed by atoms with Crippen LogP contribution in [0.1, 0.15) is 24.3 Å². The quantitative estimate of drug-likeness (QED) is 0.836. The molecule has 0 aromatic carbocycles. The lowest BCUT2D eigenvalue weighted by Gasteiger charge is -2.50. The molecule has 4 rings (SSSR count). The summed E-state index contributed by atoms with van der Waals surface area (Å²) in [6.07, 6.45) is 2.85. The summed E-state index contributed by atoms with van der Waals surface area (Å²) < 4.78 is 17.0. The molecule has 4 heterocycles. The highest BCUT2D eigenvalue weighted by molar-refractivity contribution is 5.05. The lowest BCUT2D eigenvalue weighted by atomic mass is 9.84. The Bertz CT molecular complexity index is 515. The van der Waals surface area contributed by atoms with Crippen LogP contribution in [0.4, 0.5) is 0 Å². The Hall–Kier alpha value is -0.950. The molecule has 0 aliphatic carbocycles. The highest BCUT2D eigenvalue weighted by Crippen LogP contribution is 2.32. The topological polar surface area (TPSA) is 51.0 Å².